The van der Waals surface area contributed by atoms with Gasteiger partial charge in [-0.1, -0.05) is 42.5 Å². The number of para-hydroxylation sites is 1. The fraction of sp³-hybridized carbons (Fsp3) is 0.450. The lowest BCUT2D eigenvalue weighted by Crippen LogP contribution is -2.37. The van der Waals surface area contributed by atoms with Crippen molar-refractivity contribution in [3.05, 3.63) is 41.3 Å². The van der Waals surface area contributed by atoms with Crippen LogP contribution >= 0.6 is 11.3 Å². The van der Waals surface area contributed by atoms with Crippen molar-refractivity contribution in [2.24, 2.45) is 0 Å². The zero-order valence-corrected chi connectivity index (χ0v) is 16.6. The van der Waals surface area contributed by atoms with E-state index < -0.39 is 0 Å². The van der Waals surface area contributed by atoms with Gasteiger partial charge in [-0.2, -0.15) is 0 Å². The van der Waals surface area contributed by atoms with Crippen molar-refractivity contribution < 1.29 is 14.1 Å². The highest BCUT2D eigenvalue weighted by atomic mass is 32.1. The number of ether oxygens (including phenoxy) is 1. The number of fused-ring (bicyclic) bond motifs is 1. The average molecular weight is 385 g/mol. The van der Waals surface area contributed by atoms with Crippen LogP contribution in [0.2, 0.25) is 0 Å². The summed E-state index contributed by atoms with van der Waals surface area (Å²) in [5.74, 6) is 0.368. The summed E-state index contributed by atoms with van der Waals surface area (Å²) in [4.78, 5) is 19.7. The predicted molar refractivity (Wildman–Crippen MR) is 106 cm³/mol. The summed E-state index contributed by atoms with van der Waals surface area (Å²) < 4.78 is 12.1. The maximum absolute atomic E-state index is 13.1. The summed E-state index contributed by atoms with van der Waals surface area (Å²) in [6.45, 7) is 7.32. The van der Waals surface area contributed by atoms with Crippen molar-refractivity contribution in [2.75, 3.05) is 18.1 Å². The highest BCUT2D eigenvalue weighted by Gasteiger charge is 2.29. The van der Waals surface area contributed by atoms with E-state index >= 15 is 0 Å². The monoisotopic (exact) mass is 385 g/mol. The maximum Gasteiger partial charge on any atom is 0.298 e. The Balaban J connectivity index is 1.74. The molecule has 0 radical (unpaired) electrons. The van der Waals surface area contributed by atoms with E-state index in [1.165, 1.54) is 16.9 Å². The minimum Gasteiger partial charge on any atom is -0.376 e. The number of aryl methyl sites for hydroxylation is 1. The number of carbonyl (C=O) groups excluding carboxylic acids is 1. The molecule has 7 heteroatoms. The van der Waals surface area contributed by atoms with Crippen LogP contribution in [-0.4, -0.2) is 35.3 Å². The van der Waals surface area contributed by atoms with Gasteiger partial charge in [-0.05, 0) is 37.3 Å². The van der Waals surface area contributed by atoms with Crippen LogP contribution in [0.25, 0.3) is 10.2 Å². The Kier molecular flexibility index (Phi) is 4.97. The number of hydrogen-bond donors (Lipinski definition) is 0. The van der Waals surface area contributed by atoms with E-state index in [9.17, 15) is 4.79 Å². The molecule has 0 aliphatic carbocycles. The second-order valence-corrected chi connectivity index (χ2v) is 8.24. The third kappa shape index (κ3) is 3.61. The van der Waals surface area contributed by atoms with Crippen molar-refractivity contribution in [3.63, 3.8) is 0 Å². The maximum atomic E-state index is 13.1. The zero-order valence-electron chi connectivity index (χ0n) is 15.8. The molecule has 1 unspecified atom stereocenters. The number of benzene rings is 1. The molecular weight excluding hydrogens is 362 g/mol. The Bertz CT molecular complexity index is 956. The summed E-state index contributed by atoms with van der Waals surface area (Å²) in [5.41, 5.74) is 2.84. The van der Waals surface area contributed by atoms with Crippen molar-refractivity contribution in [2.45, 2.75) is 45.6 Å². The van der Waals surface area contributed by atoms with Gasteiger partial charge in [-0.15, -0.1) is 0 Å². The lowest BCUT2D eigenvalue weighted by Gasteiger charge is -2.21. The van der Waals surface area contributed by atoms with Crippen LogP contribution in [0.3, 0.4) is 0 Å². The summed E-state index contributed by atoms with van der Waals surface area (Å²) >= 11 is 1.53. The van der Waals surface area contributed by atoms with Crippen molar-refractivity contribution in [1.82, 2.24) is 10.1 Å². The molecule has 27 heavy (non-hydrogen) atoms. The molecule has 0 saturated carbocycles. The van der Waals surface area contributed by atoms with E-state index in [4.69, 9.17) is 14.2 Å². The number of anilines is 1. The Morgan fingerprint density at radius 3 is 2.93 bits per heavy atom. The molecule has 3 aromatic rings. The molecule has 1 fully saturated rings. The molecule has 0 N–H and O–H groups in total. The fourth-order valence-corrected chi connectivity index (χ4v) is 4.38. The van der Waals surface area contributed by atoms with Gasteiger partial charge in [0, 0.05) is 12.7 Å². The summed E-state index contributed by atoms with van der Waals surface area (Å²) in [5, 5.41) is 4.53. The van der Waals surface area contributed by atoms with Crippen molar-refractivity contribution in [3.8, 4) is 0 Å². The van der Waals surface area contributed by atoms with E-state index in [0.717, 1.165) is 29.7 Å². The Labute approximate surface area is 162 Å². The van der Waals surface area contributed by atoms with Crippen LogP contribution in [0.1, 0.15) is 54.4 Å². The van der Waals surface area contributed by atoms with E-state index in [2.05, 4.69) is 31.1 Å². The number of nitrogens with zero attached hydrogens (tertiary/aromatic N) is 3. The summed E-state index contributed by atoms with van der Waals surface area (Å²) in [6, 6.07) is 7.86. The summed E-state index contributed by atoms with van der Waals surface area (Å²) in [6.07, 6.45) is 1.99. The smallest absolute Gasteiger partial charge is 0.298 e. The first kappa shape index (κ1) is 18.1. The van der Waals surface area contributed by atoms with Gasteiger partial charge in [0.2, 0.25) is 5.76 Å². The molecule has 3 heterocycles. The van der Waals surface area contributed by atoms with E-state index in [0.29, 0.717) is 23.3 Å². The van der Waals surface area contributed by atoms with Crippen LogP contribution < -0.4 is 4.90 Å². The second-order valence-electron chi connectivity index (χ2n) is 7.23. The number of thiazole rings is 1. The lowest BCUT2D eigenvalue weighted by molar-refractivity contribution is 0.0887. The quantitative estimate of drug-likeness (QED) is 0.645. The number of rotatable bonds is 5. The minimum atomic E-state index is -0.226. The van der Waals surface area contributed by atoms with Crippen molar-refractivity contribution >= 4 is 32.6 Å². The summed E-state index contributed by atoms with van der Waals surface area (Å²) in [7, 11) is 0. The van der Waals surface area contributed by atoms with Crippen LogP contribution in [-0.2, 0) is 4.74 Å². The number of hydrogen-bond acceptors (Lipinski definition) is 6. The molecule has 1 atom stereocenters. The number of carbonyl (C=O) groups is 1. The molecule has 1 aliphatic heterocycles. The highest BCUT2D eigenvalue weighted by Crippen LogP contribution is 2.34. The average Bonchev–Trinajstić information content (AvgIpc) is 3.38. The first-order valence-electron chi connectivity index (χ1n) is 9.29. The normalized spacial score (nSPS) is 17.1. The molecule has 1 aromatic carbocycles. The Morgan fingerprint density at radius 2 is 2.26 bits per heavy atom. The predicted octanol–water partition coefficient (Wildman–Crippen LogP) is 4.54. The van der Waals surface area contributed by atoms with Crippen molar-refractivity contribution in [1.29, 1.82) is 0 Å². The first-order chi connectivity index (χ1) is 13.0. The van der Waals surface area contributed by atoms with Gasteiger partial charge in [-0.3, -0.25) is 9.69 Å². The topological polar surface area (TPSA) is 68.5 Å². The van der Waals surface area contributed by atoms with E-state index in [1.54, 1.807) is 17.9 Å². The van der Waals surface area contributed by atoms with Gasteiger partial charge >= 0.3 is 0 Å². The molecule has 0 spiro atoms. The Hall–Kier alpha value is -2.25. The highest BCUT2D eigenvalue weighted by molar-refractivity contribution is 7.22. The largest absolute Gasteiger partial charge is 0.376 e. The molecule has 1 saturated heterocycles. The van der Waals surface area contributed by atoms with Crippen LogP contribution in [0.5, 0.6) is 0 Å². The molecule has 2 aromatic heterocycles. The van der Waals surface area contributed by atoms with Gasteiger partial charge in [-0.25, -0.2) is 4.98 Å². The van der Waals surface area contributed by atoms with E-state index in [-0.39, 0.29) is 17.8 Å². The Morgan fingerprint density at radius 1 is 1.41 bits per heavy atom. The SMILES string of the molecule is Cc1cc(C(=O)N(CC2CCCO2)c2nc3c(C(C)C)cccc3s2)on1. The van der Waals surface area contributed by atoms with Gasteiger partial charge < -0.3 is 9.26 Å². The minimum absolute atomic E-state index is 0.0227. The van der Waals surface area contributed by atoms with Gasteiger partial charge in [0.1, 0.15) is 0 Å². The van der Waals surface area contributed by atoms with Gasteiger partial charge in [0.25, 0.3) is 5.91 Å². The molecule has 1 aliphatic rings. The molecular formula is C20H23N3O3S. The van der Waals surface area contributed by atoms with E-state index in [1.807, 2.05) is 6.07 Å². The van der Waals surface area contributed by atoms with Crippen LogP contribution in [0.4, 0.5) is 5.13 Å². The van der Waals surface area contributed by atoms with Crippen LogP contribution in [0, 0.1) is 6.92 Å². The third-order valence-corrected chi connectivity index (χ3v) is 5.83. The standard InChI is InChI=1S/C20H23N3O3S/c1-12(2)15-7-4-8-17-18(15)21-20(27-17)23(11-14-6-5-9-25-14)19(24)16-10-13(3)22-26-16/h4,7-8,10,12,14H,5-6,9,11H2,1-3H3. The lowest BCUT2D eigenvalue weighted by atomic mass is 10.0. The molecule has 142 valence electrons. The van der Waals surface area contributed by atoms with Gasteiger partial charge in [0.15, 0.2) is 5.13 Å². The molecule has 4 rings (SSSR count). The molecule has 1 amide bonds. The molecule has 0 bridgehead atoms. The third-order valence-electron chi connectivity index (χ3n) is 4.79. The number of amides is 1. The number of aromatic nitrogens is 2. The first-order valence-corrected chi connectivity index (χ1v) is 10.1. The van der Waals surface area contributed by atoms with Crippen LogP contribution in [0.15, 0.2) is 28.8 Å². The molecule has 6 nitrogen and oxygen atoms in total. The second kappa shape index (κ2) is 7.40. The fourth-order valence-electron chi connectivity index (χ4n) is 3.38. The zero-order chi connectivity index (χ0) is 19.0. The van der Waals surface area contributed by atoms with Gasteiger partial charge in [0.05, 0.1) is 28.6 Å².